The molecule has 0 aliphatic carbocycles. The monoisotopic (exact) mass is 410 g/mol. The van der Waals surface area contributed by atoms with Crippen molar-refractivity contribution >= 4 is 5.97 Å². The minimum atomic E-state index is 0.00403. The molecule has 0 bridgehead atoms. The number of rotatable bonds is 22. The van der Waals surface area contributed by atoms with E-state index < -0.39 is 0 Å². The van der Waals surface area contributed by atoms with Gasteiger partial charge in [0.15, 0.2) is 0 Å². The van der Waals surface area contributed by atoms with Crippen molar-refractivity contribution in [3.8, 4) is 0 Å². The number of carbonyl (C=O) groups excluding carboxylic acids is 1. The average Bonchev–Trinajstić information content (AvgIpc) is 2.74. The van der Waals surface area contributed by atoms with Crippen molar-refractivity contribution in [2.45, 2.75) is 150 Å². The standard InChI is InChI=1S/C27H54O2/c1-5-8-10-12-14-16-18-20-22-26(24-29-27(28)25(4)7-3)23-21-19-17-15-13-11-9-6-2/h25-26H,5-24H2,1-4H3. The molecule has 0 amide bonds. The average molecular weight is 411 g/mol. The first-order valence-corrected chi connectivity index (χ1v) is 13.3. The first-order valence-electron chi connectivity index (χ1n) is 13.3. The van der Waals surface area contributed by atoms with E-state index in [9.17, 15) is 4.79 Å². The quantitative estimate of drug-likeness (QED) is 0.131. The summed E-state index contributed by atoms with van der Waals surface area (Å²) in [4.78, 5) is 12.1. The second-order valence-electron chi connectivity index (χ2n) is 9.33. The number of hydrogen-bond donors (Lipinski definition) is 0. The molecule has 0 N–H and O–H groups in total. The van der Waals surface area contributed by atoms with Crippen LogP contribution in [0.4, 0.5) is 0 Å². The third kappa shape index (κ3) is 19.2. The van der Waals surface area contributed by atoms with E-state index in [0.717, 1.165) is 6.42 Å². The molecule has 1 atom stereocenters. The third-order valence-corrected chi connectivity index (χ3v) is 6.41. The van der Waals surface area contributed by atoms with Crippen molar-refractivity contribution in [2.24, 2.45) is 11.8 Å². The Bertz CT molecular complexity index is 319. The van der Waals surface area contributed by atoms with E-state index in [2.05, 4.69) is 20.8 Å². The lowest BCUT2D eigenvalue weighted by Crippen LogP contribution is -2.19. The van der Waals surface area contributed by atoms with Gasteiger partial charge in [0.1, 0.15) is 0 Å². The summed E-state index contributed by atoms with van der Waals surface area (Å²) in [5.41, 5.74) is 0. The topological polar surface area (TPSA) is 26.3 Å². The van der Waals surface area contributed by atoms with Crippen LogP contribution in [0.3, 0.4) is 0 Å². The van der Waals surface area contributed by atoms with Crippen LogP contribution in [-0.2, 0) is 9.53 Å². The molecule has 0 radical (unpaired) electrons. The van der Waals surface area contributed by atoms with E-state index in [1.54, 1.807) is 0 Å². The predicted molar refractivity (Wildman–Crippen MR) is 128 cm³/mol. The number of esters is 1. The minimum Gasteiger partial charge on any atom is -0.465 e. The van der Waals surface area contributed by atoms with Crippen molar-refractivity contribution in [1.82, 2.24) is 0 Å². The normalized spacial score (nSPS) is 12.4. The predicted octanol–water partition coefficient (Wildman–Crippen LogP) is 9.25. The Balaban J connectivity index is 3.98. The van der Waals surface area contributed by atoms with Gasteiger partial charge < -0.3 is 4.74 Å². The fourth-order valence-corrected chi connectivity index (χ4v) is 3.95. The van der Waals surface area contributed by atoms with E-state index in [4.69, 9.17) is 4.74 Å². The smallest absolute Gasteiger partial charge is 0.308 e. The summed E-state index contributed by atoms with van der Waals surface area (Å²) in [5, 5.41) is 0. The molecular formula is C27H54O2. The molecule has 2 nitrogen and oxygen atoms in total. The summed E-state index contributed by atoms with van der Waals surface area (Å²) in [5.74, 6) is 0.620. The highest BCUT2D eigenvalue weighted by atomic mass is 16.5. The Labute approximate surface area is 184 Å². The van der Waals surface area contributed by atoms with E-state index >= 15 is 0 Å². The number of ether oxygens (including phenoxy) is 1. The van der Waals surface area contributed by atoms with Gasteiger partial charge >= 0.3 is 5.97 Å². The number of hydrogen-bond acceptors (Lipinski definition) is 2. The highest BCUT2D eigenvalue weighted by molar-refractivity contribution is 5.71. The van der Waals surface area contributed by atoms with Gasteiger partial charge in [-0.15, -0.1) is 0 Å². The van der Waals surface area contributed by atoms with Crippen molar-refractivity contribution in [1.29, 1.82) is 0 Å². The molecule has 2 heteroatoms. The molecule has 174 valence electrons. The molecule has 0 aromatic carbocycles. The first kappa shape index (κ1) is 28.5. The number of carbonyl (C=O) groups is 1. The van der Waals surface area contributed by atoms with Crippen molar-refractivity contribution in [2.75, 3.05) is 6.61 Å². The molecule has 0 aliphatic heterocycles. The molecule has 0 aliphatic rings. The lowest BCUT2D eigenvalue weighted by molar-refractivity contribution is -0.149. The van der Waals surface area contributed by atoms with Crippen LogP contribution in [0, 0.1) is 11.8 Å². The summed E-state index contributed by atoms with van der Waals surface area (Å²) in [6.07, 6.45) is 25.2. The van der Waals surface area contributed by atoms with Crippen LogP contribution < -0.4 is 0 Å². The van der Waals surface area contributed by atoms with Crippen molar-refractivity contribution in [3.05, 3.63) is 0 Å². The van der Waals surface area contributed by atoms with Crippen LogP contribution in [0.1, 0.15) is 150 Å². The Kier molecular flexibility index (Phi) is 21.8. The zero-order valence-electron chi connectivity index (χ0n) is 20.6. The van der Waals surface area contributed by atoms with E-state index in [-0.39, 0.29) is 11.9 Å². The molecular weight excluding hydrogens is 356 g/mol. The van der Waals surface area contributed by atoms with Crippen LogP contribution in [0.25, 0.3) is 0 Å². The Morgan fingerprint density at radius 3 is 1.38 bits per heavy atom. The third-order valence-electron chi connectivity index (χ3n) is 6.41. The largest absolute Gasteiger partial charge is 0.465 e. The van der Waals surface area contributed by atoms with Gasteiger partial charge in [0, 0.05) is 0 Å². The van der Waals surface area contributed by atoms with Crippen LogP contribution in [0.5, 0.6) is 0 Å². The maximum atomic E-state index is 12.1. The molecule has 0 rings (SSSR count). The van der Waals surface area contributed by atoms with E-state index in [1.165, 1.54) is 116 Å². The fourth-order valence-electron chi connectivity index (χ4n) is 3.95. The molecule has 1 unspecified atom stereocenters. The lowest BCUT2D eigenvalue weighted by Gasteiger charge is -2.18. The highest BCUT2D eigenvalue weighted by Crippen LogP contribution is 2.21. The summed E-state index contributed by atoms with van der Waals surface area (Å²) in [7, 11) is 0. The van der Waals surface area contributed by atoms with Gasteiger partial charge in [-0.2, -0.15) is 0 Å². The van der Waals surface area contributed by atoms with Crippen LogP contribution in [0.15, 0.2) is 0 Å². The van der Waals surface area contributed by atoms with Crippen LogP contribution >= 0.6 is 0 Å². The molecule has 29 heavy (non-hydrogen) atoms. The Hall–Kier alpha value is -0.530. The van der Waals surface area contributed by atoms with Crippen molar-refractivity contribution < 1.29 is 9.53 Å². The molecule has 0 saturated heterocycles. The lowest BCUT2D eigenvalue weighted by atomic mass is 9.94. The summed E-state index contributed by atoms with van der Waals surface area (Å²) in [6, 6.07) is 0. The van der Waals surface area contributed by atoms with Gasteiger partial charge in [-0.25, -0.2) is 0 Å². The van der Waals surface area contributed by atoms with E-state index in [1.807, 2.05) is 6.92 Å². The maximum absolute atomic E-state index is 12.1. The van der Waals surface area contributed by atoms with Crippen LogP contribution in [-0.4, -0.2) is 12.6 Å². The Morgan fingerprint density at radius 1 is 0.621 bits per heavy atom. The molecule has 0 aromatic rings. The van der Waals surface area contributed by atoms with E-state index in [0.29, 0.717) is 12.5 Å². The SMILES string of the molecule is CCCCCCCCCCC(CCCCCCCCCC)COC(=O)C(C)CC. The zero-order valence-corrected chi connectivity index (χ0v) is 20.6. The molecule has 0 heterocycles. The molecule has 0 fully saturated rings. The van der Waals surface area contributed by atoms with Gasteiger partial charge in [0.2, 0.25) is 0 Å². The first-order chi connectivity index (χ1) is 14.2. The fraction of sp³-hybridized carbons (Fsp3) is 0.963. The molecule has 0 spiro atoms. The summed E-state index contributed by atoms with van der Waals surface area (Å²) >= 11 is 0. The Morgan fingerprint density at radius 2 is 1.00 bits per heavy atom. The van der Waals surface area contributed by atoms with Crippen molar-refractivity contribution in [3.63, 3.8) is 0 Å². The minimum absolute atomic E-state index is 0.00403. The molecule has 0 aromatic heterocycles. The second kappa shape index (κ2) is 22.2. The number of unbranched alkanes of at least 4 members (excludes halogenated alkanes) is 14. The highest BCUT2D eigenvalue weighted by Gasteiger charge is 2.16. The van der Waals surface area contributed by atoms with Gasteiger partial charge in [-0.05, 0) is 25.2 Å². The maximum Gasteiger partial charge on any atom is 0.308 e. The van der Waals surface area contributed by atoms with Gasteiger partial charge in [-0.3, -0.25) is 4.79 Å². The second-order valence-corrected chi connectivity index (χ2v) is 9.33. The summed E-state index contributed by atoms with van der Waals surface area (Å²) in [6.45, 7) is 9.25. The zero-order chi connectivity index (χ0) is 21.6. The molecule has 0 saturated carbocycles. The van der Waals surface area contributed by atoms with Gasteiger partial charge in [-0.1, -0.05) is 130 Å². The van der Waals surface area contributed by atoms with Crippen LogP contribution in [0.2, 0.25) is 0 Å². The van der Waals surface area contributed by atoms with Gasteiger partial charge in [0.05, 0.1) is 12.5 Å². The van der Waals surface area contributed by atoms with Gasteiger partial charge in [0.25, 0.3) is 0 Å². The summed E-state index contributed by atoms with van der Waals surface area (Å²) < 4.78 is 5.66.